The van der Waals surface area contributed by atoms with E-state index in [9.17, 15) is 9.90 Å². The fourth-order valence-electron chi connectivity index (χ4n) is 3.36. The Labute approximate surface area is 175 Å². The molecule has 1 atom stereocenters. The van der Waals surface area contributed by atoms with Crippen molar-refractivity contribution < 1.29 is 19.1 Å². The van der Waals surface area contributed by atoms with Gasteiger partial charge in [-0.15, -0.1) is 0 Å². The average Bonchev–Trinajstić information content (AvgIpc) is 3.13. The summed E-state index contributed by atoms with van der Waals surface area (Å²) in [6.45, 7) is 5.87. The number of carbonyl (C=O) groups is 1. The molecule has 1 N–H and O–H groups in total. The molecule has 0 saturated heterocycles. The van der Waals surface area contributed by atoms with E-state index in [2.05, 4.69) is 0 Å². The van der Waals surface area contributed by atoms with E-state index in [-0.39, 0.29) is 24.0 Å². The summed E-state index contributed by atoms with van der Waals surface area (Å²) in [5.41, 5.74) is 3.05. The number of benzene rings is 2. The van der Waals surface area contributed by atoms with Gasteiger partial charge >= 0.3 is 0 Å². The van der Waals surface area contributed by atoms with Crippen LogP contribution in [-0.4, -0.2) is 23.5 Å². The van der Waals surface area contributed by atoms with Crippen molar-refractivity contribution >= 4 is 17.9 Å². The van der Waals surface area contributed by atoms with Crippen molar-refractivity contribution in [2.75, 3.05) is 7.11 Å². The number of hydrogen-bond acceptors (Lipinski definition) is 5. The number of methoxy groups -OCH3 is 1. The Hall–Kier alpha value is -2.79. The Morgan fingerprint density at radius 3 is 2.62 bits per heavy atom. The molecule has 0 aliphatic rings. The van der Waals surface area contributed by atoms with Gasteiger partial charge in [-0.1, -0.05) is 37.6 Å². The van der Waals surface area contributed by atoms with Gasteiger partial charge in [0.05, 0.1) is 18.4 Å². The van der Waals surface area contributed by atoms with Crippen LogP contribution in [0.2, 0.25) is 5.02 Å². The topological polar surface area (TPSA) is 72.6 Å². The van der Waals surface area contributed by atoms with E-state index >= 15 is 0 Å². The highest BCUT2D eigenvalue weighted by Crippen LogP contribution is 2.39. The molecule has 29 heavy (non-hydrogen) atoms. The van der Waals surface area contributed by atoms with Crippen LogP contribution >= 0.6 is 11.6 Å². The molecule has 0 amide bonds. The summed E-state index contributed by atoms with van der Waals surface area (Å²) in [7, 11) is 1.57. The number of ether oxygens (including phenoxy) is 1. The lowest BCUT2D eigenvalue weighted by Gasteiger charge is -2.16. The predicted octanol–water partition coefficient (Wildman–Crippen LogP) is 5.86. The molecule has 0 radical (unpaired) electrons. The molecule has 0 spiro atoms. The lowest BCUT2D eigenvalue weighted by Crippen LogP contribution is -2.06. The maximum Gasteiger partial charge on any atom is 0.230 e. The fourth-order valence-corrected chi connectivity index (χ4v) is 3.52. The Kier molecular flexibility index (Phi) is 6.28. The van der Waals surface area contributed by atoms with Crippen LogP contribution in [-0.2, 0) is 4.79 Å². The molecule has 6 heteroatoms. The van der Waals surface area contributed by atoms with Crippen LogP contribution < -0.4 is 4.74 Å². The number of halogens is 1. The van der Waals surface area contributed by atoms with Gasteiger partial charge in [0.1, 0.15) is 23.5 Å². The number of oxazole rings is 1. The number of nitrogens with zero attached hydrogens (tertiary/aromatic N) is 1. The van der Waals surface area contributed by atoms with Crippen LogP contribution in [0, 0.1) is 6.92 Å². The van der Waals surface area contributed by atoms with Gasteiger partial charge in [-0.3, -0.25) is 0 Å². The fraction of sp³-hybridized carbons (Fsp3) is 0.304. The van der Waals surface area contributed by atoms with E-state index in [1.807, 2.05) is 32.9 Å². The van der Waals surface area contributed by atoms with E-state index in [1.54, 1.807) is 31.4 Å². The highest BCUT2D eigenvalue weighted by Gasteiger charge is 2.27. The SMILES string of the molecule is COc1cc(Cl)ccc1-c1nc(C(CC=O)c2ccc(O)c(C)c2)c(C(C)C)o1. The third-order valence-electron chi connectivity index (χ3n) is 4.88. The van der Waals surface area contributed by atoms with Crippen LogP contribution in [0.4, 0.5) is 0 Å². The van der Waals surface area contributed by atoms with Gasteiger partial charge in [0.15, 0.2) is 0 Å². The zero-order chi connectivity index (χ0) is 21.1. The van der Waals surface area contributed by atoms with E-state index in [4.69, 9.17) is 25.7 Å². The van der Waals surface area contributed by atoms with Gasteiger partial charge in [0.2, 0.25) is 5.89 Å². The third kappa shape index (κ3) is 4.30. The van der Waals surface area contributed by atoms with Gasteiger partial charge in [0, 0.05) is 23.3 Å². The number of phenolic OH excluding ortho intramolecular Hbond substituents is 1. The van der Waals surface area contributed by atoms with Gasteiger partial charge in [0.25, 0.3) is 0 Å². The van der Waals surface area contributed by atoms with Crippen molar-refractivity contribution in [1.82, 2.24) is 4.98 Å². The molecule has 5 nitrogen and oxygen atoms in total. The summed E-state index contributed by atoms with van der Waals surface area (Å²) in [5.74, 6) is 1.71. The first-order valence-electron chi connectivity index (χ1n) is 9.43. The second-order valence-corrected chi connectivity index (χ2v) is 7.71. The van der Waals surface area contributed by atoms with E-state index < -0.39 is 0 Å². The molecule has 0 saturated carbocycles. The molecule has 0 fully saturated rings. The van der Waals surface area contributed by atoms with Crippen LogP contribution in [0.15, 0.2) is 40.8 Å². The van der Waals surface area contributed by atoms with Crippen LogP contribution in [0.1, 0.15) is 54.7 Å². The highest BCUT2D eigenvalue weighted by molar-refractivity contribution is 6.30. The van der Waals surface area contributed by atoms with Gasteiger partial charge in [-0.2, -0.15) is 0 Å². The van der Waals surface area contributed by atoms with Gasteiger partial charge < -0.3 is 19.1 Å². The summed E-state index contributed by atoms with van der Waals surface area (Å²) in [6.07, 6.45) is 1.14. The molecule has 152 valence electrons. The summed E-state index contributed by atoms with van der Waals surface area (Å²) in [4.78, 5) is 16.2. The summed E-state index contributed by atoms with van der Waals surface area (Å²) >= 11 is 6.08. The minimum Gasteiger partial charge on any atom is -0.508 e. The first kappa shape index (κ1) is 20.9. The van der Waals surface area contributed by atoms with E-state index in [0.717, 1.165) is 23.2 Å². The van der Waals surface area contributed by atoms with Crippen LogP contribution in [0.25, 0.3) is 11.5 Å². The molecule has 0 aliphatic heterocycles. The Bertz CT molecular complexity index is 1030. The van der Waals surface area contributed by atoms with Crippen molar-refractivity contribution in [2.45, 2.75) is 39.0 Å². The Morgan fingerprint density at radius 1 is 1.24 bits per heavy atom. The van der Waals surface area contributed by atoms with Crippen LogP contribution in [0.3, 0.4) is 0 Å². The lowest BCUT2D eigenvalue weighted by molar-refractivity contribution is -0.108. The number of aromatic hydroxyl groups is 1. The second-order valence-electron chi connectivity index (χ2n) is 7.27. The highest BCUT2D eigenvalue weighted by atomic mass is 35.5. The lowest BCUT2D eigenvalue weighted by atomic mass is 9.89. The van der Waals surface area contributed by atoms with Crippen molar-refractivity contribution in [3.8, 4) is 23.0 Å². The molecular weight excluding hydrogens is 390 g/mol. The van der Waals surface area contributed by atoms with E-state index in [0.29, 0.717) is 27.9 Å². The largest absolute Gasteiger partial charge is 0.508 e. The first-order valence-corrected chi connectivity index (χ1v) is 9.81. The molecule has 3 aromatic rings. The smallest absolute Gasteiger partial charge is 0.230 e. The number of carbonyl (C=O) groups excluding carboxylic acids is 1. The minimum absolute atomic E-state index is 0.0666. The van der Waals surface area contributed by atoms with Crippen LogP contribution in [0.5, 0.6) is 11.5 Å². The van der Waals surface area contributed by atoms with Gasteiger partial charge in [-0.25, -0.2) is 4.98 Å². The summed E-state index contributed by atoms with van der Waals surface area (Å²) in [6, 6.07) is 10.6. The number of aromatic nitrogens is 1. The standard InChI is InChI=1S/C23H24ClNO4/c1-13(2)22-21(17(9-10-26)15-5-8-19(27)14(3)11-15)25-23(29-22)18-7-6-16(24)12-20(18)28-4/h5-8,10-13,17,27H,9H2,1-4H3. The number of hydrogen-bond donors (Lipinski definition) is 1. The zero-order valence-electron chi connectivity index (χ0n) is 16.9. The maximum atomic E-state index is 11.5. The second kappa shape index (κ2) is 8.70. The molecule has 1 aromatic heterocycles. The normalized spacial score (nSPS) is 12.2. The molecule has 3 rings (SSSR count). The predicted molar refractivity (Wildman–Crippen MR) is 113 cm³/mol. The first-order chi connectivity index (χ1) is 13.8. The molecular formula is C23H24ClNO4. The Morgan fingerprint density at radius 2 is 2.00 bits per heavy atom. The van der Waals surface area contributed by atoms with E-state index in [1.165, 1.54) is 0 Å². The van der Waals surface area contributed by atoms with Crippen molar-refractivity contribution in [3.05, 3.63) is 64.0 Å². The summed E-state index contributed by atoms with van der Waals surface area (Å²) < 4.78 is 11.6. The van der Waals surface area contributed by atoms with Crippen molar-refractivity contribution in [1.29, 1.82) is 0 Å². The summed E-state index contributed by atoms with van der Waals surface area (Å²) in [5, 5.41) is 10.4. The van der Waals surface area contributed by atoms with Crippen molar-refractivity contribution in [3.63, 3.8) is 0 Å². The quantitative estimate of drug-likeness (QED) is 0.491. The average molecular weight is 414 g/mol. The monoisotopic (exact) mass is 413 g/mol. The molecule has 1 heterocycles. The number of rotatable bonds is 7. The number of aldehydes is 1. The maximum absolute atomic E-state index is 11.5. The van der Waals surface area contributed by atoms with Crippen molar-refractivity contribution in [2.24, 2.45) is 0 Å². The molecule has 0 aliphatic carbocycles. The minimum atomic E-state index is -0.278. The Balaban J connectivity index is 2.16. The molecule has 2 aromatic carbocycles. The number of aryl methyl sites for hydroxylation is 1. The molecule has 0 bridgehead atoms. The van der Waals surface area contributed by atoms with Gasteiger partial charge in [-0.05, 0) is 42.3 Å². The third-order valence-corrected chi connectivity index (χ3v) is 5.12. The number of phenols is 1. The molecule has 1 unspecified atom stereocenters. The zero-order valence-corrected chi connectivity index (χ0v) is 17.7.